The van der Waals surface area contributed by atoms with Crippen LogP contribution in [0.2, 0.25) is 0 Å². The number of carboxylic acid groups (broad SMARTS) is 1. The highest BCUT2D eigenvalue weighted by Crippen LogP contribution is 2.19. The predicted molar refractivity (Wildman–Crippen MR) is 93.9 cm³/mol. The third-order valence-corrected chi connectivity index (χ3v) is 6.25. The van der Waals surface area contributed by atoms with Crippen molar-refractivity contribution in [1.29, 1.82) is 0 Å². The Labute approximate surface area is 148 Å². The monoisotopic (exact) mass is 368 g/mol. The van der Waals surface area contributed by atoms with Crippen molar-refractivity contribution in [2.75, 3.05) is 25.4 Å². The van der Waals surface area contributed by atoms with Crippen LogP contribution in [0, 0.1) is 5.92 Å². The van der Waals surface area contributed by atoms with Gasteiger partial charge >= 0.3 is 5.97 Å². The molecule has 1 aliphatic heterocycles. The average molecular weight is 368 g/mol. The van der Waals surface area contributed by atoms with Crippen LogP contribution in [0.25, 0.3) is 0 Å². The molecule has 8 heteroatoms. The third-order valence-electron chi connectivity index (χ3n) is 4.40. The number of sulfonamides is 1. The van der Waals surface area contributed by atoms with E-state index in [1.807, 2.05) is 6.07 Å². The minimum Gasteiger partial charge on any atom is -0.478 e. The first-order chi connectivity index (χ1) is 11.8. The van der Waals surface area contributed by atoms with Gasteiger partial charge in [0.05, 0.1) is 17.2 Å². The van der Waals surface area contributed by atoms with E-state index in [1.165, 1.54) is 10.4 Å². The summed E-state index contributed by atoms with van der Waals surface area (Å²) in [5.41, 5.74) is 1.05. The molecule has 1 heterocycles. The maximum atomic E-state index is 12.3. The summed E-state index contributed by atoms with van der Waals surface area (Å²) in [5.74, 6) is -1.42. The normalized spacial score (nSPS) is 18.7. The van der Waals surface area contributed by atoms with E-state index in [0.717, 1.165) is 5.56 Å². The van der Waals surface area contributed by atoms with Gasteiger partial charge in [-0.1, -0.05) is 12.1 Å². The van der Waals surface area contributed by atoms with Crippen molar-refractivity contribution in [3.05, 3.63) is 35.4 Å². The van der Waals surface area contributed by atoms with E-state index < -0.39 is 16.0 Å². The molecule has 25 heavy (non-hydrogen) atoms. The number of nitrogens with zero attached hydrogens (tertiary/aromatic N) is 1. The van der Waals surface area contributed by atoms with Crippen molar-refractivity contribution in [3.8, 4) is 0 Å². The van der Waals surface area contributed by atoms with E-state index in [9.17, 15) is 18.0 Å². The Morgan fingerprint density at radius 1 is 1.36 bits per heavy atom. The number of carbonyl (C=O) groups excluding carboxylic acids is 1. The molecule has 1 fully saturated rings. The Morgan fingerprint density at radius 3 is 2.80 bits per heavy atom. The fourth-order valence-electron chi connectivity index (χ4n) is 2.93. The number of rotatable bonds is 7. The van der Waals surface area contributed by atoms with E-state index in [-0.39, 0.29) is 29.7 Å². The third kappa shape index (κ3) is 5.27. The molecule has 0 aromatic heterocycles. The standard InChI is InChI=1S/C17H24N2O5S/c1-2-25(23,24)19-10-4-7-15(12-19)16(20)18-9-8-13-5-3-6-14(11-13)17(21)22/h3,5-6,11,15H,2,4,7-10,12H2,1H3,(H,18,20)(H,21,22)/t15-/m0/s1. The summed E-state index contributed by atoms with van der Waals surface area (Å²) in [6, 6.07) is 6.60. The maximum Gasteiger partial charge on any atom is 0.335 e. The van der Waals surface area contributed by atoms with Gasteiger partial charge in [-0.25, -0.2) is 17.5 Å². The van der Waals surface area contributed by atoms with E-state index in [1.54, 1.807) is 19.1 Å². The van der Waals surface area contributed by atoms with Gasteiger partial charge in [-0.3, -0.25) is 4.79 Å². The molecule has 1 atom stereocenters. The van der Waals surface area contributed by atoms with Crippen molar-refractivity contribution in [2.45, 2.75) is 26.2 Å². The first-order valence-electron chi connectivity index (χ1n) is 8.41. The molecule has 0 aliphatic carbocycles. The number of amides is 1. The highest BCUT2D eigenvalue weighted by molar-refractivity contribution is 7.89. The topological polar surface area (TPSA) is 104 Å². The van der Waals surface area contributed by atoms with Crippen LogP contribution in [0.1, 0.15) is 35.7 Å². The number of benzene rings is 1. The van der Waals surface area contributed by atoms with Crippen LogP contribution in [0.4, 0.5) is 0 Å². The van der Waals surface area contributed by atoms with Crippen molar-refractivity contribution >= 4 is 21.9 Å². The Morgan fingerprint density at radius 2 is 2.12 bits per heavy atom. The van der Waals surface area contributed by atoms with Gasteiger partial charge in [-0.15, -0.1) is 0 Å². The number of nitrogens with one attached hydrogen (secondary N) is 1. The fraction of sp³-hybridized carbons (Fsp3) is 0.529. The van der Waals surface area contributed by atoms with Crippen LogP contribution < -0.4 is 5.32 Å². The second-order valence-corrected chi connectivity index (χ2v) is 8.40. The molecule has 1 aliphatic rings. The quantitative estimate of drug-likeness (QED) is 0.750. The van der Waals surface area contributed by atoms with Crippen molar-refractivity contribution in [1.82, 2.24) is 9.62 Å². The Kier molecular flexibility index (Phi) is 6.55. The van der Waals surface area contributed by atoms with Gasteiger partial charge in [0.15, 0.2) is 0 Å². The zero-order valence-electron chi connectivity index (χ0n) is 14.3. The SMILES string of the molecule is CCS(=O)(=O)N1CCC[C@H](C(=O)NCCc2cccc(C(=O)O)c2)C1. The predicted octanol–water partition coefficient (Wildman–Crippen LogP) is 1.11. The highest BCUT2D eigenvalue weighted by atomic mass is 32.2. The van der Waals surface area contributed by atoms with Gasteiger partial charge < -0.3 is 10.4 Å². The van der Waals surface area contributed by atoms with Crippen molar-refractivity contribution in [2.24, 2.45) is 5.92 Å². The molecule has 2 N–H and O–H groups in total. The van der Waals surface area contributed by atoms with Gasteiger partial charge in [-0.05, 0) is 43.9 Å². The second-order valence-electron chi connectivity index (χ2n) is 6.14. The molecule has 1 saturated heterocycles. The number of carboxylic acids is 1. The average Bonchev–Trinajstić information content (AvgIpc) is 2.62. The first-order valence-corrected chi connectivity index (χ1v) is 10.0. The van der Waals surface area contributed by atoms with Crippen LogP contribution in [-0.4, -0.2) is 55.1 Å². The minimum atomic E-state index is -3.27. The summed E-state index contributed by atoms with van der Waals surface area (Å²) in [6.07, 6.45) is 1.88. The molecule has 7 nitrogen and oxygen atoms in total. The Hall–Kier alpha value is -1.93. The summed E-state index contributed by atoms with van der Waals surface area (Å²) < 4.78 is 25.3. The molecule has 138 valence electrons. The number of hydrogen-bond acceptors (Lipinski definition) is 4. The van der Waals surface area contributed by atoms with Crippen molar-refractivity contribution in [3.63, 3.8) is 0 Å². The maximum absolute atomic E-state index is 12.3. The first kappa shape index (κ1) is 19.4. The molecule has 0 unspecified atom stereocenters. The van der Waals surface area contributed by atoms with Gasteiger partial charge in [0, 0.05) is 19.6 Å². The molecule has 0 bridgehead atoms. The molecule has 1 aromatic rings. The smallest absolute Gasteiger partial charge is 0.335 e. The van der Waals surface area contributed by atoms with Crippen LogP contribution in [-0.2, 0) is 21.2 Å². The summed E-state index contributed by atoms with van der Waals surface area (Å²) in [4.78, 5) is 23.3. The van der Waals surface area contributed by atoms with Crippen molar-refractivity contribution < 1.29 is 23.1 Å². The number of hydrogen-bond donors (Lipinski definition) is 2. The number of piperidine rings is 1. The molecule has 0 radical (unpaired) electrons. The number of aromatic carboxylic acids is 1. The second kappa shape index (κ2) is 8.44. The Balaban J connectivity index is 1.86. The van der Waals surface area contributed by atoms with Crippen LogP contribution in [0.3, 0.4) is 0 Å². The van der Waals surface area contributed by atoms with Gasteiger partial charge in [0.1, 0.15) is 0 Å². The largest absolute Gasteiger partial charge is 0.478 e. The van der Waals surface area contributed by atoms with Crippen LogP contribution in [0.15, 0.2) is 24.3 Å². The molecule has 1 aromatic carbocycles. The molecule has 0 spiro atoms. The van der Waals surface area contributed by atoms with E-state index in [0.29, 0.717) is 32.4 Å². The van der Waals surface area contributed by atoms with E-state index in [2.05, 4.69) is 5.32 Å². The number of carbonyl (C=O) groups is 2. The Bertz CT molecular complexity index is 732. The lowest BCUT2D eigenvalue weighted by Gasteiger charge is -2.30. The van der Waals surface area contributed by atoms with Gasteiger partial charge in [-0.2, -0.15) is 0 Å². The van der Waals surface area contributed by atoms with E-state index >= 15 is 0 Å². The van der Waals surface area contributed by atoms with Gasteiger partial charge in [0.25, 0.3) is 0 Å². The molecular weight excluding hydrogens is 344 g/mol. The lowest BCUT2D eigenvalue weighted by molar-refractivity contribution is -0.126. The van der Waals surface area contributed by atoms with Gasteiger partial charge in [0.2, 0.25) is 15.9 Å². The van der Waals surface area contributed by atoms with Crippen LogP contribution in [0.5, 0.6) is 0 Å². The zero-order valence-corrected chi connectivity index (χ0v) is 15.1. The summed E-state index contributed by atoms with van der Waals surface area (Å²) >= 11 is 0. The molecule has 2 rings (SSSR count). The lowest BCUT2D eigenvalue weighted by atomic mass is 9.98. The summed E-state index contributed by atoms with van der Waals surface area (Å²) in [7, 11) is -3.27. The molecule has 1 amide bonds. The lowest BCUT2D eigenvalue weighted by Crippen LogP contribution is -2.46. The fourth-order valence-corrected chi connectivity index (χ4v) is 4.11. The molecule has 0 saturated carbocycles. The van der Waals surface area contributed by atoms with E-state index in [4.69, 9.17) is 5.11 Å². The zero-order chi connectivity index (χ0) is 18.4. The summed E-state index contributed by atoms with van der Waals surface area (Å²) in [6.45, 7) is 2.70. The highest BCUT2D eigenvalue weighted by Gasteiger charge is 2.31. The van der Waals surface area contributed by atoms with Crippen LogP contribution >= 0.6 is 0 Å². The molecular formula is C17H24N2O5S. The minimum absolute atomic E-state index is 0.0429. The summed E-state index contributed by atoms with van der Waals surface area (Å²) in [5, 5.41) is 11.8.